The highest BCUT2D eigenvalue weighted by Crippen LogP contribution is 1.99. The SMILES string of the molecule is CCOCC(=O)N1CCN(C)CC1. The number of carbonyl (C=O) groups is 1. The van der Waals surface area contributed by atoms with Crippen molar-refractivity contribution in [3.05, 3.63) is 0 Å². The summed E-state index contributed by atoms with van der Waals surface area (Å²) in [7, 11) is 2.07. The van der Waals surface area contributed by atoms with Crippen LogP contribution in [-0.2, 0) is 9.53 Å². The molecule has 1 rings (SSSR count). The third kappa shape index (κ3) is 3.32. The molecule has 1 heterocycles. The van der Waals surface area contributed by atoms with E-state index < -0.39 is 0 Å². The molecule has 76 valence electrons. The van der Waals surface area contributed by atoms with Crippen LogP contribution in [0.4, 0.5) is 0 Å². The number of carbonyl (C=O) groups excluding carboxylic acids is 1. The first-order valence-electron chi connectivity index (χ1n) is 4.78. The highest BCUT2D eigenvalue weighted by Gasteiger charge is 2.18. The van der Waals surface area contributed by atoms with Crippen LogP contribution in [-0.4, -0.2) is 62.1 Å². The summed E-state index contributed by atoms with van der Waals surface area (Å²) >= 11 is 0. The highest BCUT2D eigenvalue weighted by atomic mass is 16.5. The summed E-state index contributed by atoms with van der Waals surface area (Å²) < 4.78 is 5.07. The van der Waals surface area contributed by atoms with Crippen molar-refractivity contribution in [3.63, 3.8) is 0 Å². The quantitative estimate of drug-likeness (QED) is 0.612. The summed E-state index contributed by atoms with van der Waals surface area (Å²) in [6, 6.07) is 0. The van der Waals surface area contributed by atoms with Crippen LogP contribution in [0.15, 0.2) is 0 Å². The standard InChI is InChI=1S/C9H18N2O2/c1-3-13-8-9(12)11-6-4-10(2)5-7-11/h3-8H2,1-2H3. The Kier molecular flexibility index (Phi) is 4.18. The normalized spacial score (nSPS) is 19.1. The number of nitrogens with zero attached hydrogens (tertiary/aromatic N) is 2. The number of hydrogen-bond acceptors (Lipinski definition) is 3. The second-order valence-electron chi connectivity index (χ2n) is 3.32. The summed E-state index contributed by atoms with van der Waals surface area (Å²) in [4.78, 5) is 15.5. The van der Waals surface area contributed by atoms with Gasteiger partial charge in [-0.15, -0.1) is 0 Å². The van der Waals surface area contributed by atoms with Gasteiger partial charge in [-0.25, -0.2) is 0 Å². The maximum absolute atomic E-state index is 11.4. The molecular weight excluding hydrogens is 168 g/mol. The van der Waals surface area contributed by atoms with Gasteiger partial charge in [0.05, 0.1) is 0 Å². The third-order valence-corrected chi connectivity index (χ3v) is 2.29. The molecule has 1 aliphatic heterocycles. The van der Waals surface area contributed by atoms with Gasteiger partial charge in [-0.05, 0) is 14.0 Å². The van der Waals surface area contributed by atoms with E-state index in [9.17, 15) is 4.79 Å². The van der Waals surface area contributed by atoms with E-state index in [1.54, 1.807) is 0 Å². The van der Waals surface area contributed by atoms with Gasteiger partial charge in [0.2, 0.25) is 5.91 Å². The van der Waals surface area contributed by atoms with Crippen LogP contribution >= 0.6 is 0 Å². The molecule has 4 nitrogen and oxygen atoms in total. The Hall–Kier alpha value is -0.610. The van der Waals surface area contributed by atoms with Crippen molar-refractivity contribution >= 4 is 5.91 Å². The molecule has 1 amide bonds. The van der Waals surface area contributed by atoms with Crippen molar-refractivity contribution in [2.45, 2.75) is 6.92 Å². The lowest BCUT2D eigenvalue weighted by atomic mass is 10.3. The molecule has 0 bridgehead atoms. The summed E-state index contributed by atoms with van der Waals surface area (Å²) in [5.41, 5.74) is 0. The average molecular weight is 186 g/mol. The summed E-state index contributed by atoms with van der Waals surface area (Å²) in [6.45, 7) is 6.36. The topological polar surface area (TPSA) is 32.8 Å². The van der Waals surface area contributed by atoms with Crippen LogP contribution in [0.1, 0.15) is 6.92 Å². The minimum atomic E-state index is 0.120. The van der Waals surface area contributed by atoms with Gasteiger partial charge in [-0.3, -0.25) is 4.79 Å². The Balaban J connectivity index is 2.23. The molecule has 0 N–H and O–H groups in total. The highest BCUT2D eigenvalue weighted by molar-refractivity contribution is 5.77. The third-order valence-electron chi connectivity index (χ3n) is 2.29. The van der Waals surface area contributed by atoms with E-state index >= 15 is 0 Å². The summed E-state index contributed by atoms with van der Waals surface area (Å²) in [5, 5.41) is 0. The van der Waals surface area contributed by atoms with Crippen LogP contribution in [0.3, 0.4) is 0 Å². The molecule has 0 aromatic rings. The molecule has 4 heteroatoms. The molecule has 0 spiro atoms. The molecular formula is C9H18N2O2. The lowest BCUT2D eigenvalue weighted by Crippen LogP contribution is -2.48. The number of piperazine rings is 1. The van der Waals surface area contributed by atoms with E-state index in [-0.39, 0.29) is 12.5 Å². The second kappa shape index (κ2) is 5.19. The van der Waals surface area contributed by atoms with E-state index in [0.29, 0.717) is 6.61 Å². The Bertz CT molecular complexity index is 165. The first kappa shape index (κ1) is 10.5. The zero-order chi connectivity index (χ0) is 9.68. The fourth-order valence-electron chi connectivity index (χ4n) is 1.34. The van der Waals surface area contributed by atoms with E-state index in [1.807, 2.05) is 11.8 Å². The Morgan fingerprint density at radius 2 is 1.92 bits per heavy atom. The van der Waals surface area contributed by atoms with Gasteiger partial charge < -0.3 is 14.5 Å². The number of amides is 1. The predicted molar refractivity (Wildman–Crippen MR) is 50.6 cm³/mol. The Labute approximate surface area is 79.4 Å². The van der Waals surface area contributed by atoms with E-state index in [2.05, 4.69) is 11.9 Å². The molecule has 13 heavy (non-hydrogen) atoms. The maximum atomic E-state index is 11.4. The number of ether oxygens (including phenoxy) is 1. The van der Waals surface area contributed by atoms with Gasteiger partial charge in [0.15, 0.2) is 0 Å². The fourth-order valence-corrected chi connectivity index (χ4v) is 1.34. The minimum Gasteiger partial charge on any atom is -0.372 e. The van der Waals surface area contributed by atoms with E-state index in [1.165, 1.54) is 0 Å². The van der Waals surface area contributed by atoms with Crippen molar-refractivity contribution in [1.29, 1.82) is 0 Å². The molecule has 1 saturated heterocycles. The molecule has 0 atom stereocenters. The van der Waals surface area contributed by atoms with Crippen molar-refractivity contribution in [1.82, 2.24) is 9.80 Å². The van der Waals surface area contributed by atoms with Crippen molar-refractivity contribution in [2.75, 3.05) is 46.4 Å². The minimum absolute atomic E-state index is 0.120. The number of hydrogen-bond donors (Lipinski definition) is 0. The van der Waals surface area contributed by atoms with Gasteiger partial charge >= 0.3 is 0 Å². The molecule has 0 aromatic carbocycles. The van der Waals surface area contributed by atoms with Crippen LogP contribution < -0.4 is 0 Å². The van der Waals surface area contributed by atoms with E-state index in [4.69, 9.17) is 4.74 Å². The summed E-state index contributed by atoms with van der Waals surface area (Å²) in [5.74, 6) is 0.120. The van der Waals surface area contributed by atoms with Crippen LogP contribution in [0, 0.1) is 0 Å². The fraction of sp³-hybridized carbons (Fsp3) is 0.889. The van der Waals surface area contributed by atoms with Crippen molar-refractivity contribution < 1.29 is 9.53 Å². The molecule has 0 saturated carbocycles. The van der Waals surface area contributed by atoms with Crippen LogP contribution in [0.2, 0.25) is 0 Å². The zero-order valence-corrected chi connectivity index (χ0v) is 8.45. The number of likely N-dealkylation sites (N-methyl/N-ethyl adjacent to an activating group) is 1. The second-order valence-corrected chi connectivity index (χ2v) is 3.32. The predicted octanol–water partition coefficient (Wildman–Crippen LogP) is -0.203. The molecule has 0 radical (unpaired) electrons. The van der Waals surface area contributed by atoms with Crippen LogP contribution in [0.25, 0.3) is 0 Å². The summed E-state index contributed by atoms with van der Waals surface area (Å²) in [6.07, 6.45) is 0. The van der Waals surface area contributed by atoms with Crippen molar-refractivity contribution in [3.8, 4) is 0 Å². The molecule has 0 aliphatic carbocycles. The Morgan fingerprint density at radius 1 is 1.31 bits per heavy atom. The Morgan fingerprint density at radius 3 is 2.46 bits per heavy atom. The van der Waals surface area contributed by atoms with Gasteiger partial charge in [0.25, 0.3) is 0 Å². The lowest BCUT2D eigenvalue weighted by molar-refractivity contribution is -0.137. The van der Waals surface area contributed by atoms with Gasteiger partial charge in [-0.1, -0.05) is 0 Å². The molecule has 1 aliphatic rings. The molecule has 1 fully saturated rings. The largest absolute Gasteiger partial charge is 0.372 e. The van der Waals surface area contributed by atoms with Gasteiger partial charge in [-0.2, -0.15) is 0 Å². The first-order valence-corrected chi connectivity index (χ1v) is 4.78. The zero-order valence-electron chi connectivity index (χ0n) is 8.45. The first-order chi connectivity index (χ1) is 6.24. The van der Waals surface area contributed by atoms with E-state index in [0.717, 1.165) is 26.2 Å². The maximum Gasteiger partial charge on any atom is 0.248 e. The lowest BCUT2D eigenvalue weighted by Gasteiger charge is -2.32. The van der Waals surface area contributed by atoms with Gasteiger partial charge in [0, 0.05) is 32.8 Å². The molecule has 0 unspecified atom stereocenters. The molecule has 0 aromatic heterocycles. The number of rotatable bonds is 3. The van der Waals surface area contributed by atoms with Crippen LogP contribution in [0.5, 0.6) is 0 Å². The monoisotopic (exact) mass is 186 g/mol. The smallest absolute Gasteiger partial charge is 0.248 e. The van der Waals surface area contributed by atoms with Crippen molar-refractivity contribution in [2.24, 2.45) is 0 Å². The average Bonchev–Trinajstić information content (AvgIpc) is 2.15. The van der Waals surface area contributed by atoms with Gasteiger partial charge in [0.1, 0.15) is 6.61 Å².